The molecule has 4 rings (SSSR count). The van der Waals surface area contributed by atoms with Crippen LogP contribution in [0.1, 0.15) is 38.3 Å². The monoisotopic (exact) mass is 387 g/mol. The van der Waals surface area contributed by atoms with Crippen LogP contribution in [-0.4, -0.2) is 18.0 Å². The average molecular weight is 388 g/mol. The fourth-order valence-corrected chi connectivity index (χ4v) is 4.42. The largest absolute Gasteiger partial charge is 0.327 e. The number of hydrogen-bond donors (Lipinski definition) is 1. The van der Waals surface area contributed by atoms with Crippen molar-refractivity contribution >= 4 is 23.4 Å². The van der Waals surface area contributed by atoms with Crippen LogP contribution in [0.15, 0.2) is 80.9 Å². The van der Waals surface area contributed by atoms with Crippen LogP contribution in [0.5, 0.6) is 0 Å². The zero-order valence-corrected chi connectivity index (χ0v) is 17.4. The number of rotatable bonds is 6. The number of aryl methyl sites for hydroxylation is 1. The Hall–Kier alpha value is -2.59. The van der Waals surface area contributed by atoms with Crippen molar-refractivity contribution in [2.45, 2.75) is 38.5 Å². The number of nitrogens with zero attached hydrogens (tertiary/aromatic N) is 2. The Morgan fingerprint density at radius 1 is 1.07 bits per heavy atom. The van der Waals surface area contributed by atoms with E-state index in [9.17, 15) is 0 Å². The molecular formula is C24H25N3S. The Morgan fingerprint density at radius 3 is 2.64 bits per heavy atom. The van der Waals surface area contributed by atoms with Crippen molar-refractivity contribution in [2.24, 2.45) is 9.98 Å². The number of benzene rings is 2. The molecule has 0 fully saturated rings. The molecule has 0 aromatic heterocycles. The third kappa shape index (κ3) is 3.69. The predicted octanol–water partition coefficient (Wildman–Crippen LogP) is 5.97. The van der Waals surface area contributed by atoms with Crippen molar-refractivity contribution in [3.63, 3.8) is 0 Å². The van der Waals surface area contributed by atoms with Gasteiger partial charge in [0.15, 0.2) is 0 Å². The van der Waals surface area contributed by atoms with Gasteiger partial charge in [0.25, 0.3) is 0 Å². The molecule has 2 aromatic carbocycles. The van der Waals surface area contributed by atoms with Gasteiger partial charge < -0.3 is 4.72 Å². The van der Waals surface area contributed by atoms with Gasteiger partial charge in [-0.1, -0.05) is 43.3 Å². The van der Waals surface area contributed by atoms with Crippen molar-refractivity contribution in [3.05, 3.63) is 77.1 Å². The zero-order chi connectivity index (χ0) is 19.5. The second kappa shape index (κ2) is 8.19. The van der Waals surface area contributed by atoms with Gasteiger partial charge in [0.05, 0.1) is 12.3 Å². The molecule has 2 aromatic rings. The summed E-state index contributed by atoms with van der Waals surface area (Å²) >= 11 is 1.68. The summed E-state index contributed by atoms with van der Waals surface area (Å²) in [7, 11) is 0. The maximum absolute atomic E-state index is 4.52. The second-order valence-electron chi connectivity index (χ2n) is 7.10. The summed E-state index contributed by atoms with van der Waals surface area (Å²) < 4.78 is 3.54. The third-order valence-electron chi connectivity index (χ3n) is 5.40. The molecule has 0 atom stereocenters. The summed E-state index contributed by atoms with van der Waals surface area (Å²) in [5.74, 6) is 0. The van der Waals surface area contributed by atoms with Gasteiger partial charge in [-0.3, -0.25) is 9.98 Å². The highest BCUT2D eigenvalue weighted by atomic mass is 32.2. The van der Waals surface area contributed by atoms with Gasteiger partial charge in [0, 0.05) is 28.9 Å². The normalized spacial score (nSPS) is 15.8. The molecule has 1 N–H and O–H groups in total. The lowest BCUT2D eigenvalue weighted by Gasteiger charge is -2.15. The molecule has 142 valence electrons. The minimum absolute atomic E-state index is 0.748. The lowest BCUT2D eigenvalue weighted by molar-refractivity contribution is 1.07. The quantitative estimate of drug-likeness (QED) is 0.620. The molecule has 28 heavy (non-hydrogen) atoms. The average Bonchev–Trinajstić information content (AvgIpc) is 3.38. The molecule has 0 unspecified atom stereocenters. The van der Waals surface area contributed by atoms with E-state index in [4.69, 9.17) is 0 Å². The van der Waals surface area contributed by atoms with Gasteiger partial charge in [-0.05, 0) is 72.2 Å². The first-order valence-corrected chi connectivity index (χ1v) is 10.6. The van der Waals surface area contributed by atoms with Gasteiger partial charge in [-0.2, -0.15) is 0 Å². The molecule has 0 amide bonds. The van der Waals surface area contributed by atoms with Crippen LogP contribution in [-0.2, 0) is 6.42 Å². The molecule has 0 aliphatic carbocycles. The topological polar surface area (TPSA) is 36.8 Å². The van der Waals surface area contributed by atoms with Gasteiger partial charge in [-0.15, -0.1) is 0 Å². The smallest absolute Gasteiger partial charge is 0.0801 e. The first-order chi connectivity index (χ1) is 13.7. The van der Waals surface area contributed by atoms with E-state index in [1.165, 1.54) is 38.4 Å². The standard InChI is InChI=1S/C24H25N3S/c1-4-18-14-19(22-9-7-13-25-22)11-12-20(18)21-8-5-6-10-24(21)28-27-23-15-26-17(3)16(23)2/h5-8,10-14,27H,4,9,15H2,1-3H3. The maximum Gasteiger partial charge on any atom is 0.0801 e. The van der Waals surface area contributed by atoms with Crippen LogP contribution in [0.25, 0.3) is 11.1 Å². The van der Waals surface area contributed by atoms with E-state index in [0.717, 1.165) is 30.8 Å². The van der Waals surface area contributed by atoms with Crippen LogP contribution in [0.2, 0.25) is 0 Å². The van der Waals surface area contributed by atoms with Gasteiger partial charge in [-0.25, -0.2) is 0 Å². The maximum atomic E-state index is 4.52. The fourth-order valence-electron chi connectivity index (χ4n) is 3.54. The minimum Gasteiger partial charge on any atom is -0.327 e. The Labute approximate surface area is 171 Å². The van der Waals surface area contributed by atoms with Crippen molar-refractivity contribution in [1.29, 1.82) is 0 Å². The first kappa shape index (κ1) is 18.8. The number of hydrogen-bond acceptors (Lipinski definition) is 4. The highest BCUT2D eigenvalue weighted by Gasteiger charge is 2.15. The number of nitrogens with one attached hydrogen (secondary N) is 1. The van der Waals surface area contributed by atoms with E-state index in [-0.39, 0.29) is 0 Å². The Kier molecular flexibility index (Phi) is 5.49. The van der Waals surface area contributed by atoms with Crippen LogP contribution < -0.4 is 4.72 Å². The number of allylic oxidation sites excluding steroid dienone is 2. The van der Waals surface area contributed by atoms with Gasteiger partial charge in [0.1, 0.15) is 0 Å². The molecular weight excluding hydrogens is 362 g/mol. The molecule has 2 aliphatic heterocycles. The number of aliphatic imine (C=N–C) groups is 2. The molecule has 0 spiro atoms. The van der Waals surface area contributed by atoms with E-state index >= 15 is 0 Å². The first-order valence-electron chi connectivity index (χ1n) is 9.75. The van der Waals surface area contributed by atoms with Crippen molar-refractivity contribution in [2.75, 3.05) is 6.54 Å². The van der Waals surface area contributed by atoms with E-state index in [0.29, 0.717) is 0 Å². The highest BCUT2D eigenvalue weighted by molar-refractivity contribution is 7.97. The van der Waals surface area contributed by atoms with Crippen LogP contribution in [0, 0.1) is 0 Å². The van der Waals surface area contributed by atoms with Crippen LogP contribution in [0.3, 0.4) is 0 Å². The third-order valence-corrected chi connectivity index (χ3v) is 6.32. The van der Waals surface area contributed by atoms with E-state index < -0.39 is 0 Å². The lowest BCUT2D eigenvalue weighted by atomic mass is 9.94. The molecule has 0 saturated heterocycles. The Balaban J connectivity index is 1.63. The zero-order valence-electron chi connectivity index (χ0n) is 16.6. The highest BCUT2D eigenvalue weighted by Crippen LogP contribution is 2.34. The van der Waals surface area contributed by atoms with Crippen LogP contribution in [0.4, 0.5) is 0 Å². The summed E-state index contributed by atoms with van der Waals surface area (Å²) in [5, 5.41) is 0. The molecule has 2 aliphatic rings. The molecule has 4 heteroatoms. The summed E-state index contributed by atoms with van der Waals surface area (Å²) in [6.07, 6.45) is 5.93. The van der Waals surface area contributed by atoms with Gasteiger partial charge >= 0.3 is 0 Å². The van der Waals surface area contributed by atoms with Crippen LogP contribution >= 0.6 is 11.9 Å². The van der Waals surface area contributed by atoms with Crippen molar-refractivity contribution < 1.29 is 0 Å². The Morgan fingerprint density at radius 2 is 1.93 bits per heavy atom. The SMILES string of the molecule is CCc1cc(C2=NC=CC2)ccc1-c1ccccc1SNC1=C(C)C(C)=NC1. The molecule has 0 saturated carbocycles. The molecule has 3 nitrogen and oxygen atoms in total. The second-order valence-corrected chi connectivity index (χ2v) is 7.94. The van der Waals surface area contributed by atoms with E-state index in [1.54, 1.807) is 11.9 Å². The summed E-state index contributed by atoms with van der Waals surface area (Å²) in [5.41, 5.74) is 9.90. The molecule has 0 bridgehead atoms. The minimum atomic E-state index is 0.748. The van der Waals surface area contributed by atoms with E-state index in [2.05, 4.69) is 84.0 Å². The summed E-state index contributed by atoms with van der Waals surface area (Å²) in [6.45, 7) is 7.17. The van der Waals surface area contributed by atoms with Crippen molar-refractivity contribution in [1.82, 2.24) is 4.72 Å². The fraction of sp³-hybridized carbons (Fsp3) is 0.250. The molecule has 0 radical (unpaired) electrons. The van der Waals surface area contributed by atoms with Crippen molar-refractivity contribution in [3.8, 4) is 11.1 Å². The predicted molar refractivity (Wildman–Crippen MR) is 121 cm³/mol. The van der Waals surface area contributed by atoms with E-state index in [1.807, 2.05) is 6.20 Å². The lowest BCUT2D eigenvalue weighted by Crippen LogP contribution is -2.07. The molecule has 2 heterocycles. The summed E-state index contributed by atoms with van der Waals surface area (Å²) in [4.78, 5) is 10.2. The van der Waals surface area contributed by atoms with Gasteiger partial charge in [0.2, 0.25) is 0 Å². The summed E-state index contributed by atoms with van der Waals surface area (Å²) in [6, 6.07) is 15.4. The Bertz CT molecular complexity index is 1030.